The van der Waals surface area contributed by atoms with Gasteiger partial charge in [0.15, 0.2) is 0 Å². The van der Waals surface area contributed by atoms with Crippen LogP contribution in [-0.4, -0.2) is 39.7 Å². The van der Waals surface area contributed by atoms with E-state index < -0.39 is 6.04 Å². The van der Waals surface area contributed by atoms with Crippen LogP contribution in [-0.2, 0) is 17.9 Å². The molecular weight excluding hydrogens is 397 g/mol. The van der Waals surface area contributed by atoms with Crippen LogP contribution in [0.25, 0.3) is 6.08 Å². The first-order chi connectivity index (χ1) is 15.0. The number of amides is 1. The maximum atomic E-state index is 13.2. The van der Waals surface area contributed by atoms with Crippen molar-refractivity contribution in [2.45, 2.75) is 39.0 Å². The van der Waals surface area contributed by atoms with Crippen molar-refractivity contribution in [2.24, 2.45) is 11.8 Å². The number of likely N-dealkylation sites (N-methyl/N-ethyl adjacent to an activating group) is 1. The topological polar surface area (TPSA) is 74.6 Å². The monoisotopic (exact) mass is 425 g/mol. The molecule has 7 heteroatoms. The molecule has 6 nitrogen and oxygen atoms in total. The van der Waals surface area contributed by atoms with Crippen LogP contribution in [0, 0.1) is 17.7 Å². The second kappa shape index (κ2) is 8.77. The molecule has 0 unspecified atom stereocenters. The van der Waals surface area contributed by atoms with Gasteiger partial charge in [0.05, 0.1) is 12.1 Å². The van der Waals surface area contributed by atoms with E-state index in [1.807, 2.05) is 32.1 Å². The van der Waals surface area contributed by atoms with Gasteiger partial charge >= 0.3 is 0 Å². The Balaban J connectivity index is 1.60. The van der Waals surface area contributed by atoms with E-state index >= 15 is 0 Å². The first kappa shape index (κ1) is 21.5. The predicted octanol–water partition coefficient (Wildman–Crippen LogP) is 2.32. The Morgan fingerprint density at radius 2 is 2.00 bits per heavy atom. The van der Waals surface area contributed by atoms with Gasteiger partial charge in [0.2, 0.25) is 5.91 Å². The number of nitrogens with one attached hydrogen (secondary N) is 1. The summed E-state index contributed by atoms with van der Waals surface area (Å²) in [6, 6.07) is 9.26. The number of halogens is 1. The highest BCUT2D eigenvalue weighted by atomic mass is 19.1. The highest BCUT2D eigenvalue weighted by Crippen LogP contribution is 2.48. The lowest BCUT2D eigenvalue weighted by Crippen LogP contribution is -2.48. The van der Waals surface area contributed by atoms with E-state index in [4.69, 9.17) is 0 Å². The second-order valence-corrected chi connectivity index (χ2v) is 8.20. The summed E-state index contributed by atoms with van der Waals surface area (Å²) in [7, 11) is 0. The standard InChI is InChI=1S/C24H28FN3O3/c1-3-5-16-8-11-20-21-18(13-28(20)24(16)31)19(14-29)22(27(21)4-2)23(30)26-12-15-6-9-17(25)10-7-15/h3,5-11,18-19,21-22,29H,4,12-14H2,1-2H3,(H,26,30)/b5-3+/t18-,19-,21+,22-/m0/s1. The van der Waals surface area contributed by atoms with E-state index in [-0.39, 0.29) is 41.8 Å². The molecule has 4 rings (SSSR count). The molecule has 1 amide bonds. The third-order valence-electron chi connectivity index (χ3n) is 6.58. The quantitative estimate of drug-likeness (QED) is 0.745. The Bertz CT molecular complexity index is 1050. The maximum absolute atomic E-state index is 13.2. The fourth-order valence-corrected chi connectivity index (χ4v) is 5.20. The molecule has 2 N–H and O–H groups in total. The van der Waals surface area contributed by atoms with Crippen molar-refractivity contribution in [1.82, 2.24) is 14.8 Å². The zero-order valence-corrected chi connectivity index (χ0v) is 17.8. The molecule has 0 saturated carbocycles. The van der Waals surface area contributed by atoms with E-state index in [1.165, 1.54) is 12.1 Å². The lowest BCUT2D eigenvalue weighted by molar-refractivity contribution is -0.127. The normalized spacial score (nSPS) is 25.0. The van der Waals surface area contributed by atoms with Crippen LogP contribution in [0.1, 0.15) is 36.7 Å². The number of carbonyl (C=O) groups is 1. The number of benzene rings is 1. The van der Waals surface area contributed by atoms with Crippen molar-refractivity contribution in [2.75, 3.05) is 13.2 Å². The molecule has 0 spiro atoms. The molecule has 0 aliphatic carbocycles. The van der Waals surface area contributed by atoms with Crippen LogP contribution < -0.4 is 10.9 Å². The van der Waals surface area contributed by atoms with Crippen molar-refractivity contribution < 1.29 is 14.3 Å². The van der Waals surface area contributed by atoms with Gasteiger partial charge in [0, 0.05) is 42.8 Å². The van der Waals surface area contributed by atoms with Gasteiger partial charge in [-0.15, -0.1) is 0 Å². The zero-order chi connectivity index (χ0) is 22.1. The molecule has 3 heterocycles. The number of aliphatic hydroxyl groups is 1. The number of carbonyl (C=O) groups excluding carboxylic acids is 1. The van der Waals surface area contributed by atoms with E-state index in [2.05, 4.69) is 10.2 Å². The highest BCUT2D eigenvalue weighted by molar-refractivity contribution is 5.82. The van der Waals surface area contributed by atoms with Crippen LogP contribution in [0.5, 0.6) is 0 Å². The molecule has 0 radical (unpaired) electrons. The minimum absolute atomic E-state index is 0.0138. The SMILES string of the molecule is C/C=C/c1ccc2n(c1=O)C[C@H]1[C@H](CO)[C@@H](C(=O)NCc3ccc(F)cc3)N(CC)[C@@H]21. The van der Waals surface area contributed by atoms with E-state index in [0.717, 1.165) is 11.3 Å². The van der Waals surface area contributed by atoms with Crippen LogP contribution in [0.15, 0.2) is 47.3 Å². The number of nitrogens with zero attached hydrogens (tertiary/aromatic N) is 2. The molecule has 2 aliphatic rings. The molecular formula is C24H28FN3O3. The van der Waals surface area contributed by atoms with Gasteiger partial charge in [0.25, 0.3) is 5.56 Å². The second-order valence-electron chi connectivity index (χ2n) is 8.20. The summed E-state index contributed by atoms with van der Waals surface area (Å²) in [4.78, 5) is 28.1. The number of hydrogen-bond acceptors (Lipinski definition) is 4. The Morgan fingerprint density at radius 1 is 1.26 bits per heavy atom. The number of aromatic nitrogens is 1. The minimum atomic E-state index is -0.482. The van der Waals surface area contributed by atoms with Crippen molar-refractivity contribution in [3.05, 3.63) is 75.5 Å². The summed E-state index contributed by atoms with van der Waals surface area (Å²) in [6.07, 6.45) is 3.65. The molecule has 31 heavy (non-hydrogen) atoms. The van der Waals surface area contributed by atoms with Crippen LogP contribution >= 0.6 is 0 Å². The van der Waals surface area contributed by atoms with Gasteiger partial charge in [-0.2, -0.15) is 0 Å². The van der Waals surface area contributed by atoms with E-state index in [9.17, 15) is 19.1 Å². The van der Waals surface area contributed by atoms with Crippen molar-refractivity contribution >= 4 is 12.0 Å². The van der Waals surface area contributed by atoms with Gasteiger partial charge < -0.3 is 15.0 Å². The first-order valence-electron chi connectivity index (χ1n) is 10.7. The molecule has 1 fully saturated rings. The van der Waals surface area contributed by atoms with E-state index in [1.54, 1.807) is 22.8 Å². The van der Waals surface area contributed by atoms with Gasteiger partial charge in [-0.3, -0.25) is 14.5 Å². The van der Waals surface area contributed by atoms with Gasteiger partial charge in [0.1, 0.15) is 5.82 Å². The zero-order valence-electron chi connectivity index (χ0n) is 17.8. The molecule has 0 bridgehead atoms. The summed E-state index contributed by atoms with van der Waals surface area (Å²) >= 11 is 0. The summed E-state index contributed by atoms with van der Waals surface area (Å²) in [5.74, 6) is -0.760. The lowest BCUT2D eigenvalue weighted by Gasteiger charge is -2.29. The van der Waals surface area contributed by atoms with E-state index in [0.29, 0.717) is 25.2 Å². The number of pyridine rings is 1. The molecule has 1 saturated heterocycles. The van der Waals surface area contributed by atoms with Gasteiger partial charge in [-0.1, -0.05) is 31.2 Å². The molecule has 164 valence electrons. The number of fused-ring (bicyclic) bond motifs is 3. The lowest BCUT2D eigenvalue weighted by atomic mass is 9.88. The Morgan fingerprint density at radius 3 is 2.65 bits per heavy atom. The number of aliphatic hydroxyl groups excluding tert-OH is 1. The Kier molecular flexibility index (Phi) is 6.07. The largest absolute Gasteiger partial charge is 0.396 e. The molecule has 1 aromatic heterocycles. The minimum Gasteiger partial charge on any atom is -0.396 e. The van der Waals surface area contributed by atoms with Crippen molar-refractivity contribution in [1.29, 1.82) is 0 Å². The molecule has 2 aromatic rings. The summed E-state index contributed by atoms with van der Waals surface area (Å²) in [5, 5.41) is 13.1. The van der Waals surface area contributed by atoms with Gasteiger partial charge in [-0.05, 0) is 43.3 Å². The molecule has 1 aromatic carbocycles. The summed E-state index contributed by atoms with van der Waals surface area (Å²) in [6.45, 7) is 5.15. The first-order valence-corrected chi connectivity index (χ1v) is 10.7. The third-order valence-corrected chi connectivity index (χ3v) is 6.58. The predicted molar refractivity (Wildman–Crippen MR) is 117 cm³/mol. The maximum Gasteiger partial charge on any atom is 0.258 e. The average molecular weight is 426 g/mol. The fraction of sp³-hybridized carbons (Fsp3) is 0.417. The van der Waals surface area contributed by atoms with Crippen molar-refractivity contribution in [3.63, 3.8) is 0 Å². The Hall–Kier alpha value is -2.77. The Labute approximate surface area is 181 Å². The highest BCUT2D eigenvalue weighted by Gasteiger charge is 2.54. The summed E-state index contributed by atoms with van der Waals surface area (Å²) in [5.41, 5.74) is 2.32. The van der Waals surface area contributed by atoms with Crippen LogP contribution in [0.3, 0.4) is 0 Å². The van der Waals surface area contributed by atoms with Crippen LogP contribution in [0.4, 0.5) is 4.39 Å². The fourth-order valence-electron chi connectivity index (χ4n) is 5.20. The number of hydrogen-bond donors (Lipinski definition) is 2. The third kappa shape index (κ3) is 3.72. The van der Waals surface area contributed by atoms with Crippen LogP contribution in [0.2, 0.25) is 0 Å². The number of likely N-dealkylation sites (tertiary alicyclic amines) is 1. The summed E-state index contributed by atoms with van der Waals surface area (Å²) < 4.78 is 14.9. The average Bonchev–Trinajstić information content (AvgIpc) is 3.29. The molecule has 4 atom stereocenters. The smallest absolute Gasteiger partial charge is 0.258 e. The van der Waals surface area contributed by atoms with Gasteiger partial charge in [-0.25, -0.2) is 4.39 Å². The number of allylic oxidation sites excluding steroid dienone is 1. The van der Waals surface area contributed by atoms with Crippen molar-refractivity contribution in [3.8, 4) is 0 Å². The molecule has 2 aliphatic heterocycles. The number of rotatable bonds is 6.